The van der Waals surface area contributed by atoms with Gasteiger partial charge in [-0.15, -0.1) is 0 Å². The van der Waals surface area contributed by atoms with Crippen LogP contribution in [-0.4, -0.2) is 24.3 Å². The highest BCUT2D eigenvalue weighted by Crippen LogP contribution is 2.21. The molecular weight excluding hydrogens is 306 g/mol. The van der Waals surface area contributed by atoms with Crippen LogP contribution in [0.4, 0.5) is 10.5 Å². The maximum atomic E-state index is 12.1. The normalized spacial score (nSPS) is 11.3. The second kappa shape index (κ2) is 9.75. The number of carbonyl (C=O) groups is 2. The second-order valence-corrected chi connectivity index (χ2v) is 6.05. The first-order valence-corrected chi connectivity index (χ1v) is 8.32. The topological polar surface area (TPSA) is 64.6 Å². The number of unbranched alkanes of at least 4 members (excludes halogenated alkanes) is 1. The zero-order chi connectivity index (χ0) is 18.0. The van der Waals surface area contributed by atoms with Gasteiger partial charge in [0.05, 0.1) is 12.3 Å². The number of nitrogens with one attached hydrogen (secondary N) is 1. The first-order chi connectivity index (χ1) is 11.4. The number of ether oxygens (including phenoxy) is 2. The molecule has 0 spiro atoms. The van der Waals surface area contributed by atoms with E-state index in [-0.39, 0.29) is 0 Å². The van der Waals surface area contributed by atoms with Crippen LogP contribution in [-0.2, 0) is 14.3 Å². The molecule has 0 aliphatic carbocycles. The van der Waals surface area contributed by atoms with E-state index in [0.29, 0.717) is 17.9 Å². The van der Waals surface area contributed by atoms with Gasteiger partial charge in [0, 0.05) is 6.08 Å². The maximum Gasteiger partial charge on any atom is 0.412 e. The summed E-state index contributed by atoms with van der Waals surface area (Å²) in [6, 6.07) is 7.19. The molecule has 0 aliphatic rings. The number of esters is 1. The van der Waals surface area contributed by atoms with Crippen LogP contribution in [0.3, 0.4) is 0 Å². The minimum Gasteiger partial charge on any atom is -0.463 e. The highest BCUT2D eigenvalue weighted by molar-refractivity contribution is 5.91. The van der Waals surface area contributed by atoms with Crippen molar-refractivity contribution in [3.63, 3.8) is 0 Å². The number of hydrogen-bond donors (Lipinski definition) is 1. The average Bonchev–Trinajstić information content (AvgIpc) is 2.52. The van der Waals surface area contributed by atoms with Crippen molar-refractivity contribution in [2.45, 2.75) is 52.6 Å². The minimum absolute atomic E-state index is 0.322. The van der Waals surface area contributed by atoms with Crippen LogP contribution in [0.15, 0.2) is 30.3 Å². The zero-order valence-corrected chi connectivity index (χ0v) is 14.9. The lowest BCUT2D eigenvalue weighted by Crippen LogP contribution is -2.30. The summed E-state index contributed by atoms with van der Waals surface area (Å²) >= 11 is 0. The SMILES string of the molecule is CCCCC(C)(C)OC(=O)Nc1ccccc1/C=C/C(=O)OCC. The Kier molecular flexibility index (Phi) is 8.02. The van der Waals surface area contributed by atoms with Crippen molar-refractivity contribution in [3.8, 4) is 0 Å². The Morgan fingerprint density at radius 3 is 2.58 bits per heavy atom. The number of rotatable bonds is 8. The molecule has 1 aromatic rings. The molecule has 1 rings (SSSR count). The molecule has 0 saturated heterocycles. The molecule has 0 aliphatic heterocycles. The van der Waals surface area contributed by atoms with Crippen LogP contribution in [0.2, 0.25) is 0 Å². The van der Waals surface area contributed by atoms with Crippen LogP contribution in [0, 0.1) is 0 Å². The summed E-state index contributed by atoms with van der Waals surface area (Å²) in [7, 11) is 0. The van der Waals surface area contributed by atoms with Crippen molar-refractivity contribution >= 4 is 23.8 Å². The Hall–Kier alpha value is -2.30. The molecule has 0 saturated carbocycles. The third-order valence-corrected chi connectivity index (χ3v) is 3.38. The number of anilines is 1. The monoisotopic (exact) mass is 333 g/mol. The molecule has 1 amide bonds. The molecule has 0 bridgehead atoms. The van der Waals surface area contributed by atoms with E-state index in [2.05, 4.69) is 12.2 Å². The van der Waals surface area contributed by atoms with Gasteiger partial charge in [-0.1, -0.05) is 31.5 Å². The maximum absolute atomic E-state index is 12.1. The van der Waals surface area contributed by atoms with Crippen LogP contribution in [0.25, 0.3) is 6.08 Å². The van der Waals surface area contributed by atoms with Crippen LogP contribution >= 0.6 is 0 Å². The van der Waals surface area contributed by atoms with Gasteiger partial charge in [0.15, 0.2) is 0 Å². The van der Waals surface area contributed by atoms with Crippen molar-refractivity contribution < 1.29 is 19.1 Å². The lowest BCUT2D eigenvalue weighted by Gasteiger charge is -2.25. The molecular formula is C19H27NO4. The summed E-state index contributed by atoms with van der Waals surface area (Å²) in [6.07, 6.45) is 5.29. The Bertz CT molecular complexity index is 578. The quantitative estimate of drug-likeness (QED) is 0.549. The highest BCUT2D eigenvalue weighted by Gasteiger charge is 2.22. The predicted molar refractivity (Wildman–Crippen MR) is 95.8 cm³/mol. The molecule has 0 fully saturated rings. The smallest absolute Gasteiger partial charge is 0.412 e. The van der Waals surface area contributed by atoms with Gasteiger partial charge in [0.25, 0.3) is 0 Å². The Morgan fingerprint density at radius 1 is 1.21 bits per heavy atom. The summed E-state index contributed by atoms with van der Waals surface area (Å²) < 4.78 is 10.3. The van der Waals surface area contributed by atoms with Crippen LogP contribution < -0.4 is 5.32 Å². The minimum atomic E-state index is -0.518. The molecule has 24 heavy (non-hydrogen) atoms. The zero-order valence-electron chi connectivity index (χ0n) is 14.9. The molecule has 132 valence electrons. The fourth-order valence-corrected chi connectivity index (χ4v) is 2.14. The van der Waals surface area contributed by atoms with E-state index in [4.69, 9.17) is 9.47 Å². The van der Waals surface area contributed by atoms with Gasteiger partial charge in [0.2, 0.25) is 0 Å². The second-order valence-electron chi connectivity index (χ2n) is 6.05. The highest BCUT2D eigenvalue weighted by atomic mass is 16.6. The fourth-order valence-electron chi connectivity index (χ4n) is 2.14. The first-order valence-electron chi connectivity index (χ1n) is 8.32. The number of amides is 1. The number of hydrogen-bond acceptors (Lipinski definition) is 4. The molecule has 1 aromatic carbocycles. The summed E-state index contributed by atoms with van der Waals surface area (Å²) in [5, 5.41) is 2.73. The van der Waals surface area contributed by atoms with E-state index in [9.17, 15) is 9.59 Å². The van der Waals surface area contributed by atoms with Crippen molar-refractivity contribution in [2.75, 3.05) is 11.9 Å². The van der Waals surface area contributed by atoms with Gasteiger partial charge in [0.1, 0.15) is 5.60 Å². The third-order valence-electron chi connectivity index (χ3n) is 3.38. The van der Waals surface area contributed by atoms with Gasteiger partial charge >= 0.3 is 12.1 Å². The van der Waals surface area contributed by atoms with Crippen LogP contribution in [0.1, 0.15) is 52.5 Å². The van der Waals surface area contributed by atoms with Crippen LogP contribution in [0.5, 0.6) is 0 Å². The Balaban J connectivity index is 2.74. The molecule has 0 radical (unpaired) electrons. The standard InChI is InChI=1S/C19H27NO4/c1-5-7-14-19(3,4)24-18(22)20-16-11-9-8-10-15(16)12-13-17(21)23-6-2/h8-13H,5-7,14H2,1-4H3,(H,20,22)/b13-12+. The first kappa shape index (κ1) is 19.7. The molecule has 5 heteroatoms. The number of carbonyl (C=O) groups excluding carboxylic acids is 2. The van der Waals surface area contributed by atoms with Crippen molar-refractivity contribution in [1.29, 1.82) is 0 Å². The Morgan fingerprint density at radius 2 is 1.92 bits per heavy atom. The van der Waals surface area contributed by atoms with E-state index in [1.54, 1.807) is 31.2 Å². The molecule has 5 nitrogen and oxygen atoms in total. The largest absolute Gasteiger partial charge is 0.463 e. The number of benzene rings is 1. The lowest BCUT2D eigenvalue weighted by molar-refractivity contribution is -0.137. The average molecular weight is 333 g/mol. The third kappa shape index (κ3) is 7.31. The molecule has 0 heterocycles. The van der Waals surface area contributed by atoms with Crippen molar-refractivity contribution in [3.05, 3.63) is 35.9 Å². The van der Waals surface area contributed by atoms with Crippen molar-refractivity contribution in [1.82, 2.24) is 0 Å². The van der Waals surface area contributed by atoms with Crippen molar-refractivity contribution in [2.24, 2.45) is 0 Å². The van der Waals surface area contributed by atoms with E-state index < -0.39 is 17.7 Å². The van der Waals surface area contributed by atoms with Gasteiger partial charge in [-0.05, 0) is 51.3 Å². The Labute approximate surface area is 144 Å². The van der Waals surface area contributed by atoms with Gasteiger partial charge < -0.3 is 9.47 Å². The lowest BCUT2D eigenvalue weighted by atomic mass is 10.0. The molecule has 0 aromatic heterocycles. The predicted octanol–water partition coefficient (Wildman–Crippen LogP) is 4.78. The summed E-state index contributed by atoms with van der Waals surface area (Å²) in [4.78, 5) is 23.6. The fraction of sp³-hybridized carbons (Fsp3) is 0.474. The number of para-hydroxylation sites is 1. The van der Waals surface area contributed by atoms with E-state index >= 15 is 0 Å². The summed E-state index contributed by atoms with van der Waals surface area (Å²) in [5.74, 6) is -0.421. The van der Waals surface area contributed by atoms with E-state index in [1.165, 1.54) is 6.08 Å². The summed E-state index contributed by atoms with van der Waals surface area (Å²) in [5.41, 5.74) is 0.763. The molecule has 0 unspecified atom stereocenters. The molecule has 1 N–H and O–H groups in total. The van der Waals surface area contributed by atoms with Gasteiger partial charge in [-0.25, -0.2) is 9.59 Å². The van der Waals surface area contributed by atoms with Gasteiger partial charge in [-0.2, -0.15) is 0 Å². The van der Waals surface area contributed by atoms with Gasteiger partial charge in [-0.3, -0.25) is 5.32 Å². The molecule has 0 atom stereocenters. The summed E-state index contributed by atoms with van der Waals surface area (Å²) in [6.45, 7) is 7.96. The van der Waals surface area contributed by atoms with E-state index in [0.717, 1.165) is 19.3 Å². The van der Waals surface area contributed by atoms with E-state index in [1.807, 2.05) is 19.9 Å².